The Bertz CT molecular complexity index is 1050. The number of ketones is 2. The molecule has 1 saturated carbocycles. The monoisotopic (exact) mass is 416 g/mol. The van der Waals surface area contributed by atoms with E-state index in [0.717, 1.165) is 35.1 Å². The van der Waals surface area contributed by atoms with Gasteiger partial charge in [0.2, 0.25) is 0 Å². The Hall–Kier alpha value is -2.62. The first kappa shape index (κ1) is 21.6. The zero-order chi connectivity index (χ0) is 22.6. The van der Waals surface area contributed by atoms with Crippen LogP contribution < -0.4 is 0 Å². The van der Waals surface area contributed by atoms with Gasteiger partial charge < -0.3 is 0 Å². The summed E-state index contributed by atoms with van der Waals surface area (Å²) in [4.78, 5) is 24.2. The number of hydrogen-bond acceptors (Lipinski definition) is 4. The van der Waals surface area contributed by atoms with Gasteiger partial charge in [-0.25, -0.2) is 5.53 Å². The van der Waals surface area contributed by atoms with Crippen molar-refractivity contribution in [2.75, 3.05) is 0 Å². The van der Waals surface area contributed by atoms with Crippen molar-refractivity contribution in [3.63, 3.8) is 0 Å². The minimum absolute atomic E-state index is 0.00913. The summed E-state index contributed by atoms with van der Waals surface area (Å²) in [6.45, 7) is 11.3. The summed E-state index contributed by atoms with van der Waals surface area (Å²) >= 11 is 0. The van der Waals surface area contributed by atoms with Crippen molar-refractivity contribution in [3.05, 3.63) is 69.8 Å². The van der Waals surface area contributed by atoms with Gasteiger partial charge in [0.1, 0.15) is 23.5 Å². The number of fused-ring (bicyclic) bond motifs is 1. The van der Waals surface area contributed by atoms with E-state index in [0.29, 0.717) is 12.8 Å². The van der Waals surface area contributed by atoms with E-state index >= 15 is 0 Å². The largest absolute Gasteiger partial charge is 0.299 e. The molecule has 0 saturated heterocycles. The molecule has 0 radical (unpaired) electrons. The van der Waals surface area contributed by atoms with Gasteiger partial charge in [0.05, 0.1) is 0 Å². The minimum Gasteiger partial charge on any atom is -0.299 e. The smallest absolute Gasteiger partial charge is 0.148 e. The molecule has 0 aliphatic heterocycles. The Balaban J connectivity index is 1.74. The number of benzene rings is 2. The van der Waals surface area contributed by atoms with E-state index in [1.54, 1.807) is 0 Å². The molecule has 2 aliphatic carbocycles. The third-order valence-corrected chi connectivity index (χ3v) is 7.51. The van der Waals surface area contributed by atoms with Crippen LogP contribution in [-0.4, -0.2) is 11.6 Å². The first-order valence-corrected chi connectivity index (χ1v) is 11.2. The molecule has 0 spiro atoms. The lowest BCUT2D eigenvalue weighted by atomic mass is 9.62. The normalized spacial score (nSPS) is 21.1. The molecule has 1 fully saturated rings. The van der Waals surface area contributed by atoms with E-state index in [9.17, 15) is 9.59 Å². The molecule has 1 unspecified atom stereocenters. The number of nitrogens with zero attached hydrogens (tertiary/aromatic N) is 1. The van der Waals surface area contributed by atoms with Crippen molar-refractivity contribution < 1.29 is 9.59 Å². The van der Waals surface area contributed by atoms with Crippen molar-refractivity contribution in [1.29, 1.82) is 5.53 Å². The summed E-state index contributed by atoms with van der Waals surface area (Å²) in [5, 5.41) is 4.00. The quantitative estimate of drug-likeness (QED) is 0.458. The third-order valence-electron chi connectivity index (χ3n) is 7.51. The summed E-state index contributed by atoms with van der Waals surface area (Å²) in [5.41, 5.74) is 14.8. The average Bonchev–Trinajstić information content (AvgIpc) is 3.06. The van der Waals surface area contributed by atoms with Crippen molar-refractivity contribution in [2.45, 2.75) is 83.1 Å². The highest BCUT2D eigenvalue weighted by Gasteiger charge is 2.38. The van der Waals surface area contributed by atoms with Crippen molar-refractivity contribution >= 4 is 11.6 Å². The van der Waals surface area contributed by atoms with Crippen LogP contribution in [0.15, 0.2) is 41.5 Å². The van der Waals surface area contributed by atoms with Gasteiger partial charge in [-0.3, -0.25) is 9.59 Å². The van der Waals surface area contributed by atoms with Gasteiger partial charge in [0, 0.05) is 12.8 Å². The number of Topliss-reactive ketones (excluding diaryl/α,β-unsaturated/α-hetero) is 2. The molecular weight excluding hydrogens is 384 g/mol. The molecule has 2 aromatic carbocycles. The van der Waals surface area contributed by atoms with Crippen LogP contribution in [-0.2, 0) is 20.4 Å². The molecule has 4 nitrogen and oxygen atoms in total. The van der Waals surface area contributed by atoms with Crippen LogP contribution >= 0.6 is 0 Å². The topological polar surface area (TPSA) is 70.3 Å². The maximum Gasteiger partial charge on any atom is 0.148 e. The van der Waals surface area contributed by atoms with E-state index in [4.69, 9.17) is 5.53 Å². The number of rotatable bonds is 4. The van der Waals surface area contributed by atoms with Crippen molar-refractivity contribution in [3.8, 4) is 0 Å². The molecule has 162 valence electrons. The summed E-state index contributed by atoms with van der Waals surface area (Å²) in [6.07, 6.45) is 2.99. The second-order valence-electron chi connectivity index (χ2n) is 10.6. The number of carbonyl (C=O) groups is 2. The lowest BCUT2D eigenvalue weighted by Crippen LogP contribution is -2.34. The summed E-state index contributed by atoms with van der Waals surface area (Å²) < 4.78 is 0. The molecule has 4 rings (SSSR count). The van der Waals surface area contributed by atoms with Crippen LogP contribution in [0.4, 0.5) is 0 Å². The van der Waals surface area contributed by atoms with Gasteiger partial charge in [0.15, 0.2) is 0 Å². The Kier molecular flexibility index (Phi) is 5.23. The first-order chi connectivity index (χ1) is 14.5. The summed E-state index contributed by atoms with van der Waals surface area (Å²) in [6, 6.07) is 11.7. The van der Waals surface area contributed by atoms with Gasteiger partial charge in [-0.05, 0) is 64.0 Å². The molecule has 0 aromatic heterocycles. The molecule has 2 aliphatic rings. The van der Waals surface area contributed by atoms with Gasteiger partial charge in [-0.15, -0.1) is 0 Å². The standard InChI is InChI=1S/C27H32N2O2/c1-16-14-20-21(27(4,5)13-12-26(20,2)3)15-19(16)25(29-28)18-8-6-17(7-9-18)24-22(30)10-11-23(24)31/h6-9,14-15,24-25,28H,10-13H2,1-5H3. The first-order valence-electron chi connectivity index (χ1n) is 11.2. The molecular formula is C27H32N2O2. The number of carbonyl (C=O) groups excluding carboxylic acids is 2. The van der Waals surface area contributed by atoms with Gasteiger partial charge in [-0.2, -0.15) is 5.11 Å². The molecule has 1 atom stereocenters. The van der Waals surface area contributed by atoms with Crippen molar-refractivity contribution in [2.24, 2.45) is 5.11 Å². The number of aryl methyl sites for hydroxylation is 1. The maximum absolute atomic E-state index is 12.1. The SMILES string of the molecule is Cc1cc2c(cc1C(N=N)c1ccc(C3C(=O)CCC3=O)cc1)C(C)(C)CCC2(C)C. The van der Waals surface area contributed by atoms with Crippen LogP contribution in [0.2, 0.25) is 0 Å². The lowest BCUT2D eigenvalue weighted by molar-refractivity contribution is -0.123. The highest BCUT2D eigenvalue weighted by molar-refractivity contribution is 6.13. The fourth-order valence-corrected chi connectivity index (χ4v) is 5.31. The minimum atomic E-state index is -0.617. The Morgan fingerprint density at radius 1 is 0.903 bits per heavy atom. The molecule has 0 amide bonds. The predicted octanol–water partition coefficient (Wildman–Crippen LogP) is 6.48. The van der Waals surface area contributed by atoms with Gasteiger partial charge in [-0.1, -0.05) is 64.1 Å². The van der Waals surface area contributed by atoms with Crippen LogP contribution in [0.3, 0.4) is 0 Å². The molecule has 0 bridgehead atoms. The van der Waals surface area contributed by atoms with Gasteiger partial charge >= 0.3 is 0 Å². The van der Waals surface area contributed by atoms with Crippen LogP contribution in [0.25, 0.3) is 0 Å². The second-order valence-corrected chi connectivity index (χ2v) is 10.6. The predicted molar refractivity (Wildman–Crippen MR) is 122 cm³/mol. The zero-order valence-corrected chi connectivity index (χ0v) is 19.2. The average molecular weight is 417 g/mol. The van der Waals surface area contributed by atoms with E-state index in [2.05, 4.69) is 51.9 Å². The third kappa shape index (κ3) is 3.66. The van der Waals surface area contributed by atoms with E-state index in [-0.39, 0.29) is 22.4 Å². The zero-order valence-electron chi connectivity index (χ0n) is 19.2. The maximum atomic E-state index is 12.1. The van der Waals surface area contributed by atoms with E-state index in [1.807, 2.05) is 24.3 Å². The molecule has 0 heterocycles. The molecule has 1 N–H and O–H groups in total. The van der Waals surface area contributed by atoms with E-state index in [1.165, 1.54) is 11.1 Å². The summed E-state index contributed by atoms with van der Waals surface area (Å²) in [7, 11) is 0. The Morgan fingerprint density at radius 3 is 1.94 bits per heavy atom. The van der Waals surface area contributed by atoms with E-state index < -0.39 is 12.0 Å². The molecule has 31 heavy (non-hydrogen) atoms. The van der Waals surface area contributed by atoms with Crippen LogP contribution in [0.1, 0.15) is 98.7 Å². The van der Waals surface area contributed by atoms with Gasteiger partial charge in [0.25, 0.3) is 0 Å². The molecule has 2 aromatic rings. The highest BCUT2D eigenvalue weighted by atomic mass is 16.2. The Morgan fingerprint density at radius 2 is 1.42 bits per heavy atom. The fraction of sp³-hybridized carbons (Fsp3) is 0.481. The van der Waals surface area contributed by atoms with Crippen molar-refractivity contribution in [1.82, 2.24) is 0 Å². The second kappa shape index (κ2) is 7.51. The van der Waals surface area contributed by atoms with Crippen LogP contribution in [0.5, 0.6) is 0 Å². The summed E-state index contributed by atoms with van der Waals surface area (Å²) in [5.74, 6) is -0.598. The highest BCUT2D eigenvalue weighted by Crippen LogP contribution is 2.47. The lowest BCUT2D eigenvalue weighted by Gasteiger charge is -2.42. The fourth-order valence-electron chi connectivity index (χ4n) is 5.31. The number of hydrogen-bond donors (Lipinski definition) is 1. The Labute approximate surface area is 185 Å². The van der Waals surface area contributed by atoms with Crippen LogP contribution in [0, 0.1) is 12.5 Å². The molecule has 4 heteroatoms. The number of nitrogens with one attached hydrogen (secondary N) is 1.